The Morgan fingerprint density at radius 3 is 1.59 bits per heavy atom. The Bertz CT molecular complexity index is 1820. The fraction of sp³-hybridized carbons (Fsp3) is 0.167. The van der Waals surface area contributed by atoms with Crippen LogP contribution in [0.1, 0.15) is 42.0 Å². The SMILES string of the molecule is Cc1cccc(C)c1-n1cnc(-c2cccc(Oc3cccc(-c4cn(-c5c(C)cccc5C(C)C)cn4)c3)c2)c1. The Kier molecular flexibility index (Phi) is 7.02. The molecule has 0 bridgehead atoms. The number of hydrogen-bond donors (Lipinski definition) is 0. The molecule has 5 heteroatoms. The fourth-order valence-electron chi connectivity index (χ4n) is 5.48. The molecule has 0 saturated carbocycles. The molecular formula is C36H34N4O. The minimum atomic E-state index is 0.420. The lowest BCUT2D eigenvalue weighted by atomic mass is 9.98. The standard InChI is InChI=1S/C36H34N4O/c1-24(2)32-17-7-12-27(5)36(32)40-21-34(38-23-40)29-14-9-16-31(19-29)41-30-15-8-13-28(18-30)33-20-39(22-37-33)35-25(3)10-6-11-26(35)4/h6-24H,1-5H3. The van der Waals surface area contributed by atoms with Crippen molar-refractivity contribution in [3.63, 3.8) is 0 Å². The molecule has 6 rings (SSSR count). The van der Waals surface area contributed by atoms with Gasteiger partial charge in [0.15, 0.2) is 0 Å². The summed E-state index contributed by atoms with van der Waals surface area (Å²) < 4.78 is 10.6. The highest BCUT2D eigenvalue weighted by molar-refractivity contribution is 5.64. The molecule has 2 heterocycles. The molecule has 0 atom stereocenters. The third-order valence-corrected chi connectivity index (χ3v) is 7.51. The number of para-hydroxylation sites is 2. The Balaban J connectivity index is 1.25. The van der Waals surface area contributed by atoms with E-state index in [1.165, 1.54) is 33.6 Å². The molecule has 204 valence electrons. The summed E-state index contributed by atoms with van der Waals surface area (Å²) in [6.45, 7) is 10.9. The molecule has 0 saturated heterocycles. The van der Waals surface area contributed by atoms with E-state index in [0.29, 0.717) is 5.92 Å². The smallest absolute Gasteiger partial charge is 0.128 e. The average Bonchev–Trinajstić information content (AvgIpc) is 3.64. The zero-order chi connectivity index (χ0) is 28.5. The number of nitrogens with zero attached hydrogens (tertiary/aromatic N) is 4. The highest BCUT2D eigenvalue weighted by Gasteiger charge is 2.13. The quantitative estimate of drug-likeness (QED) is 0.203. The van der Waals surface area contributed by atoms with E-state index in [9.17, 15) is 0 Å². The van der Waals surface area contributed by atoms with Crippen molar-refractivity contribution in [2.45, 2.75) is 40.5 Å². The van der Waals surface area contributed by atoms with E-state index in [4.69, 9.17) is 14.7 Å². The zero-order valence-electron chi connectivity index (χ0n) is 24.2. The Labute approximate surface area is 241 Å². The summed E-state index contributed by atoms with van der Waals surface area (Å²) >= 11 is 0. The summed E-state index contributed by atoms with van der Waals surface area (Å²) in [4.78, 5) is 9.44. The summed E-state index contributed by atoms with van der Waals surface area (Å²) in [7, 11) is 0. The number of imidazole rings is 2. The second-order valence-electron chi connectivity index (χ2n) is 10.9. The molecular weight excluding hydrogens is 504 g/mol. The molecule has 0 aliphatic carbocycles. The van der Waals surface area contributed by atoms with Gasteiger partial charge >= 0.3 is 0 Å². The maximum atomic E-state index is 6.32. The van der Waals surface area contributed by atoms with E-state index in [1.54, 1.807) is 0 Å². The average molecular weight is 539 g/mol. The highest BCUT2D eigenvalue weighted by Crippen LogP contribution is 2.32. The maximum absolute atomic E-state index is 6.32. The van der Waals surface area contributed by atoms with Crippen LogP contribution in [-0.4, -0.2) is 19.1 Å². The van der Waals surface area contributed by atoms with Crippen molar-refractivity contribution in [1.82, 2.24) is 19.1 Å². The van der Waals surface area contributed by atoms with Gasteiger partial charge in [-0.3, -0.25) is 0 Å². The van der Waals surface area contributed by atoms with Crippen molar-refractivity contribution in [3.8, 4) is 45.4 Å². The van der Waals surface area contributed by atoms with Gasteiger partial charge in [0.25, 0.3) is 0 Å². The summed E-state index contributed by atoms with van der Waals surface area (Å²) in [6, 6.07) is 29.0. The van der Waals surface area contributed by atoms with Gasteiger partial charge in [-0.1, -0.05) is 74.5 Å². The van der Waals surface area contributed by atoms with Crippen molar-refractivity contribution < 1.29 is 4.74 Å². The van der Waals surface area contributed by atoms with E-state index >= 15 is 0 Å². The van der Waals surface area contributed by atoms with Crippen LogP contribution in [0.2, 0.25) is 0 Å². The van der Waals surface area contributed by atoms with Crippen molar-refractivity contribution in [1.29, 1.82) is 0 Å². The first-order chi connectivity index (χ1) is 19.9. The van der Waals surface area contributed by atoms with Crippen LogP contribution in [0.4, 0.5) is 0 Å². The molecule has 0 amide bonds. The van der Waals surface area contributed by atoms with Gasteiger partial charge in [-0.15, -0.1) is 0 Å². The lowest BCUT2D eigenvalue weighted by Gasteiger charge is -2.15. The summed E-state index contributed by atoms with van der Waals surface area (Å²) in [5.41, 5.74) is 11.1. The predicted molar refractivity (Wildman–Crippen MR) is 166 cm³/mol. The molecule has 0 unspecified atom stereocenters. The lowest BCUT2D eigenvalue weighted by molar-refractivity contribution is 0.483. The van der Waals surface area contributed by atoms with Gasteiger partial charge in [-0.05, 0) is 73.2 Å². The Morgan fingerprint density at radius 2 is 1.05 bits per heavy atom. The normalized spacial score (nSPS) is 11.3. The molecule has 6 aromatic rings. The van der Waals surface area contributed by atoms with Crippen molar-refractivity contribution in [3.05, 3.63) is 132 Å². The first-order valence-corrected chi connectivity index (χ1v) is 14.0. The number of aryl methyl sites for hydroxylation is 3. The largest absolute Gasteiger partial charge is 0.457 e. The predicted octanol–water partition coefficient (Wildman–Crippen LogP) is 9.23. The lowest BCUT2D eigenvalue weighted by Crippen LogP contribution is -2.01. The van der Waals surface area contributed by atoms with Crippen LogP contribution >= 0.6 is 0 Å². The molecule has 41 heavy (non-hydrogen) atoms. The second-order valence-corrected chi connectivity index (χ2v) is 10.9. The van der Waals surface area contributed by atoms with Crippen molar-refractivity contribution >= 4 is 0 Å². The summed E-state index contributed by atoms with van der Waals surface area (Å²) in [5.74, 6) is 1.94. The number of benzene rings is 4. The molecule has 4 aromatic carbocycles. The van der Waals surface area contributed by atoms with Crippen LogP contribution in [0.25, 0.3) is 33.9 Å². The van der Waals surface area contributed by atoms with Crippen LogP contribution < -0.4 is 4.74 Å². The summed E-state index contributed by atoms with van der Waals surface area (Å²) in [5, 5.41) is 0. The van der Waals surface area contributed by atoms with Gasteiger partial charge < -0.3 is 13.9 Å². The number of rotatable bonds is 7. The highest BCUT2D eigenvalue weighted by atomic mass is 16.5. The van der Waals surface area contributed by atoms with Gasteiger partial charge in [0.2, 0.25) is 0 Å². The van der Waals surface area contributed by atoms with Crippen LogP contribution in [0, 0.1) is 20.8 Å². The number of aromatic nitrogens is 4. The minimum Gasteiger partial charge on any atom is -0.457 e. The first kappa shape index (κ1) is 26.3. The Hall–Kier alpha value is -4.90. The molecule has 0 aliphatic rings. The molecule has 0 spiro atoms. The van der Waals surface area contributed by atoms with Gasteiger partial charge in [-0.25, -0.2) is 9.97 Å². The van der Waals surface area contributed by atoms with E-state index in [1.807, 2.05) is 49.1 Å². The molecule has 0 N–H and O–H groups in total. The fourth-order valence-corrected chi connectivity index (χ4v) is 5.48. The first-order valence-electron chi connectivity index (χ1n) is 14.0. The van der Waals surface area contributed by atoms with Crippen molar-refractivity contribution in [2.75, 3.05) is 0 Å². The van der Waals surface area contributed by atoms with Crippen LogP contribution in [0.5, 0.6) is 11.5 Å². The van der Waals surface area contributed by atoms with E-state index in [0.717, 1.165) is 34.0 Å². The minimum absolute atomic E-state index is 0.420. The molecule has 2 aromatic heterocycles. The number of hydrogen-bond acceptors (Lipinski definition) is 3. The van der Waals surface area contributed by atoms with E-state index in [-0.39, 0.29) is 0 Å². The zero-order valence-corrected chi connectivity index (χ0v) is 24.2. The monoisotopic (exact) mass is 538 g/mol. The van der Waals surface area contributed by atoms with Crippen molar-refractivity contribution in [2.24, 2.45) is 0 Å². The maximum Gasteiger partial charge on any atom is 0.128 e. The van der Waals surface area contributed by atoms with Gasteiger partial charge in [0.1, 0.15) is 11.5 Å². The molecule has 5 nitrogen and oxygen atoms in total. The number of ether oxygens (including phenoxy) is 1. The van der Waals surface area contributed by atoms with Gasteiger partial charge in [0.05, 0.1) is 35.4 Å². The topological polar surface area (TPSA) is 44.9 Å². The van der Waals surface area contributed by atoms with Crippen LogP contribution in [0.3, 0.4) is 0 Å². The molecule has 0 radical (unpaired) electrons. The Morgan fingerprint density at radius 1 is 0.585 bits per heavy atom. The van der Waals surface area contributed by atoms with E-state index < -0.39 is 0 Å². The summed E-state index contributed by atoms with van der Waals surface area (Å²) in [6.07, 6.45) is 7.95. The van der Waals surface area contributed by atoms with E-state index in [2.05, 4.69) is 105 Å². The van der Waals surface area contributed by atoms with Crippen LogP contribution in [-0.2, 0) is 0 Å². The van der Waals surface area contributed by atoms with Crippen LogP contribution in [0.15, 0.2) is 110 Å². The molecule has 0 fully saturated rings. The third kappa shape index (κ3) is 5.31. The van der Waals surface area contributed by atoms with Gasteiger partial charge in [-0.2, -0.15) is 0 Å². The molecule has 0 aliphatic heterocycles. The van der Waals surface area contributed by atoms with Gasteiger partial charge in [0, 0.05) is 23.5 Å². The second kappa shape index (κ2) is 10.9. The third-order valence-electron chi connectivity index (χ3n) is 7.51.